The van der Waals surface area contributed by atoms with Gasteiger partial charge in [-0.25, -0.2) is 9.97 Å². The third kappa shape index (κ3) is 3.99. The van der Waals surface area contributed by atoms with Crippen LogP contribution in [0, 0.1) is 6.92 Å². The fourth-order valence-corrected chi connectivity index (χ4v) is 3.37. The first-order valence-electron chi connectivity index (χ1n) is 8.80. The van der Waals surface area contributed by atoms with E-state index in [1.54, 1.807) is 13.1 Å². The average Bonchev–Trinajstić information content (AvgIpc) is 3.12. The van der Waals surface area contributed by atoms with Crippen molar-refractivity contribution in [2.75, 3.05) is 5.32 Å². The molecule has 0 spiro atoms. The van der Waals surface area contributed by atoms with Crippen LogP contribution in [-0.2, 0) is 4.79 Å². The van der Waals surface area contributed by atoms with Gasteiger partial charge >= 0.3 is 0 Å². The molecule has 0 saturated heterocycles. The molecule has 2 heterocycles. The first-order chi connectivity index (χ1) is 13.6. The molecule has 0 aliphatic rings. The monoisotopic (exact) mass is 390 g/mol. The van der Waals surface area contributed by atoms with E-state index in [1.165, 1.54) is 11.3 Å². The molecule has 0 radical (unpaired) electrons. The van der Waals surface area contributed by atoms with Crippen LogP contribution < -0.4 is 10.1 Å². The lowest BCUT2D eigenvalue weighted by Gasteiger charge is -2.14. The van der Waals surface area contributed by atoms with E-state index in [1.807, 2.05) is 60.8 Å². The molecule has 7 heteroatoms. The van der Waals surface area contributed by atoms with Crippen molar-refractivity contribution >= 4 is 33.4 Å². The molecular formula is C21H18N4O2S. The van der Waals surface area contributed by atoms with Crippen LogP contribution in [0.15, 0.2) is 60.1 Å². The predicted octanol–water partition coefficient (Wildman–Crippen LogP) is 4.47. The fourth-order valence-electron chi connectivity index (χ4n) is 2.68. The summed E-state index contributed by atoms with van der Waals surface area (Å²) in [6.45, 7) is 3.59. The molecular weight excluding hydrogens is 372 g/mol. The van der Waals surface area contributed by atoms with E-state index in [4.69, 9.17) is 4.74 Å². The molecule has 140 valence electrons. The zero-order valence-corrected chi connectivity index (χ0v) is 16.2. The maximum absolute atomic E-state index is 12.3. The lowest BCUT2D eigenvalue weighted by atomic mass is 10.1. The molecule has 2 aromatic carbocycles. The van der Waals surface area contributed by atoms with Gasteiger partial charge in [0.2, 0.25) is 0 Å². The van der Waals surface area contributed by atoms with Crippen molar-refractivity contribution in [1.82, 2.24) is 15.0 Å². The van der Waals surface area contributed by atoms with Gasteiger partial charge in [0, 0.05) is 10.9 Å². The van der Waals surface area contributed by atoms with Crippen molar-refractivity contribution < 1.29 is 9.53 Å². The molecule has 0 fully saturated rings. The number of para-hydroxylation sites is 2. The van der Waals surface area contributed by atoms with E-state index in [0.29, 0.717) is 10.9 Å². The number of amides is 1. The molecule has 28 heavy (non-hydrogen) atoms. The number of anilines is 1. The van der Waals surface area contributed by atoms with Gasteiger partial charge in [-0.1, -0.05) is 12.1 Å². The number of nitrogens with zero attached hydrogens (tertiary/aromatic N) is 3. The van der Waals surface area contributed by atoms with E-state index >= 15 is 0 Å². The second-order valence-corrected chi connectivity index (χ2v) is 7.17. The van der Waals surface area contributed by atoms with Crippen molar-refractivity contribution in [2.24, 2.45) is 0 Å². The Morgan fingerprint density at radius 2 is 1.82 bits per heavy atom. The molecule has 4 rings (SSSR count). The standard InChI is InChI=1S/C21H18N4O2S/c1-13-12-28-21(23-13)25-20(26)14(2)27-16-9-7-15(8-10-16)19-11-22-17-5-3-4-6-18(17)24-19/h3-12,14H,1-2H3,(H,23,25,26)/t14-/m1/s1. The van der Waals surface area contributed by atoms with Gasteiger partial charge < -0.3 is 4.74 Å². The summed E-state index contributed by atoms with van der Waals surface area (Å²) >= 11 is 1.39. The number of carbonyl (C=O) groups excluding carboxylic acids is 1. The van der Waals surface area contributed by atoms with E-state index in [-0.39, 0.29) is 5.91 Å². The van der Waals surface area contributed by atoms with Gasteiger partial charge in [-0.3, -0.25) is 15.1 Å². The predicted molar refractivity (Wildman–Crippen MR) is 111 cm³/mol. The van der Waals surface area contributed by atoms with Gasteiger partial charge in [-0.05, 0) is 50.2 Å². The lowest BCUT2D eigenvalue weighted by Crippen LogP contribution is -2.30. The number of nitrogens with one attached hydrogen (secondary N) is 1. The van der Waals surface area contributed by atoms with Crippen molar-refractivity contribution in [3.05, 3.63) is 65.8 Å². The average molecular weight is 390 g/mol. The van der Waals surface area contributed by atoms with Crippen LogP contribution in [0.25, 0.3) is 22.3 Å². The third-order valence-electron chi connectivity index (χ3n) is 4.13. The molecule has 1 N–H and O–H groups in total. The summed E-state index contributed by atoms with van der Waals surface area (Å²) in [6.07, 6.45) is 1.11. The SMILES string of the molecule is Cc1csc(NC(=O)[C@@H](C)Oc2ccc(-c3cnc4ccccc4n3)cc2)n1. The van der Waals surface area contributed by atoms with Crippen LogP contribution in [0.4, 0.5) is 5.13 Å². The molecule has 0 aliphatic carbocycles. The molecule has 0 aliphatic heterocycles. The Labute approximate surface area is 166 Å². The largest absolute Gasteiger partial charge is 0.481 e. The Kier molecular flexibility index (Phi) is 4.99. The van der Waals surface area contributed by atoms with E-state index in [2.05, 4.69) is 20.3 Å². The number of aromatic nitrogens is 3. The number of fused-ring (bicyclic) bond motifs is 1. The summed E-state index contributed by atoms with van der Waals surface area (Å²) in [5, 5.41) is 5.22. The van der Waals surface area contributed by atoms with Crippen LogP contribution in [-0.4, -0.2) is 27.0 Å². The van der Waals surface area contributed by atoms with Crippen molar-refractivity contribution in [3.8, 4) is 17.0 Å². The lowest BCUT2D eigenvalue weighted by molar-refractivity contribution is -0.122. The molecule has 0 unspecified atom stereocenters. The quantitative estimate of drug-likeness (QED) is 0.544. The maximum atomic E-state index is 12.3. The van der Waals surface area contributed by atoms with Crippen LogP contribution in [0.2, 0.25) is 0 Å². The van der Waals surface area contributed by atoms with Crippen LogP contribution in [0.1, 0.15) is 12.6 Å². The second kappa shape index (κ2) is 7.74. The smallest absolute Gasteiger partial charge is 0.266 e. The summed E-state index contributed by atoms with van der Waals surface area (Å²) in [5.74, 6) is 0.370. The van der Waals surface area contributed by atoms with Crippen molar-refractivity contribution in [3.63, 3.8) is 0 Å². The normalized spacial score (nSPS) is 11.9. The summed E-state index contributed by atoms with van der Waals surface area (Å²) in [4.78, 5) is 25.6. The van der Waals surface area contributed by atoms with Gasteiger partial charge in [-0.15, -0.1) is 11.3 Å². The minimum absolute atomic E-state index is 0.237. The highest BCUT2D eigenvalue weighted by Crippen LogP contribution is 2.23. The number of hydrogen-bond donors (Lipinski definition) is 1. The summed E-state index contributed by atoms with van der Waals surface area (Å²) in [5.41, 5.74) is 4.31. The molecule has 2 aromatic heterocycles. The first kappa shape index (κ1) is 18.1. The van der Waals surface area contributed by atoms with Gasteiger partial charge in [0.05, 0.1) is 28.6 Å². The van der Waals surface area contributed by atoms with Crippen LogP contribution >= 0.6 is 11.3 Å². The Morgan fingerprint density at radius 3 is 2.54 bits per heavy atom. The molecule has 1 atom stereocenters. The van der Waals surface area contributed by atoms with Crippen molar-refractivity contribution in [1.29, 1.82) is 0 Å². The minimum atomic E-state index is -0.643. The van der Waals surface area contributed by atoms with E-state index in [0.717, 1.165) is 28.0 Å². The second-order valence-electron chi connectivity index (χ2n) is 6.31. The van der Waals surface area contributed by atoms with Gasteiger partial charge in [0.15, 0.2) is 11.2 Å². The number of carbonyl (C=O) groups is 1. The summed E-state index contributed by atoms with van der Waals surface area (Å²) in [7, 11) is 0. The molecule has 0 bridgehead atoms. The molecule has 4 aromatic rings. The zero-order valence-electron chi connectivity index (χ0n) is 15.4. The minimum Gasteiger partial charge on any atom is -0.481 e. The number of rotatable bonds is 5. The highest BCUT2D eigenvalue weighted by molar-refractivity contribution is 7.13. The molecule has 1 amide bonds. The number of thiazole rings is 1. The van der Waals surface area contributed by atoms with Crippen LogP contribution in [0.5, 0.6) is 5.75 Å². The third-order valence-corrected chi connectivity index (χ3v) is 5.01. The topological polar surface area (TPSA) is 77.0 Å². The number of aryl methyl sites for hydroxylation is 1. The highest BCUT2D eigenvalue weighted by atomic mass is 32.1. The Hall–Kier alpha value is -3.32. The van der Waals surface area contributed by atoms with E-state index < -0.39 is 6.10 Å². The zero-order chi connectivity index (χ0) is 19.5. The van der Waals surface area contributed by atoms with Gasteiger partial charge in [0.1, 0.15) is 5.75 Å². The maximum Gasteiger partial charge on any atom is 0.266 e. The van der Waals surface area contributed by atoms with E-state index in [9.17, 15) is 4.79 Å². The number of benzene rings is 2. The highest BCUT2D eigenvalue weighted by Gasteiger charge is 2.16. The summed E-state index contributed by atoms with van der Waals surface area (Å²) < 4.78 is 5.75. The number of hydrogen-bond acceptors (Lipinski definition) is 6. The molecule has 0 saturated carbocycles. The van der Waals surface area contributed by atoms with Gasteiger partial charge in [-0.2, -0.15) is 0 Å². The van der Waals surface area contributed by atoms with Crippen LogP contribution in [0.3, 0.4) is 0 Å². The Bertz CT molecular complexity index is 1120. The molecule has 6 nitrogen and oxygen atoms in total. The van der Waals surface area contributed by atoms with Gasteiger partial charge in [0.25, 0.3) is 5.91 Å². The Morgan fingerprint density at radius 1 is 1.07 bits per heavy atom. The fraction of sp³-hybridized carbons (Fsp3) is 0.143. The number of ether oxygens (including phenoxy) is 1. The Balaban J connectivity index is 1.44. The summed E-state index contributed by atoms with van der Waals surface area (Å²) in [6, 6.07) is 15.2. The van der Waals surface area contributed by atoms with Crippen molar-refractivity contribution in [2.45, 2.75) is 20.0 Å². The first-order valence-corrected chi connectivity index (χ1v) is 9.68.